The summed E-state index contributed by atoms with van der Waals surface area (Å²) in [5, 5.41) is 8.71. The SMILES string of the molecule is CC(C)(CN)N1CCOC(C#N)C1. The molecule has 1 atom stereocenters. The Hall–Kier alpha value is -0.630. The number of nitrogens with two attached hydrogens (primary N) is 1. The van der Waals surface area contributed by atoms with Crippen LogP contribution in [0.5, 0.6) is 0 Å². The van der Waals surface area contributed by atoms with Crippen LogP contribution in [-0.2, 0) is 4.74 Å². The molecule has 1 saturated heterocycles. The number of morpholine rings is 1. The fourth-order valence-corrected chi connectivity index (χ4v) is 1.41. The Labute approximate surface area is 79.3 Å². The normalized spacial score (nSPS) is 25.5. The molecule has 1 rings (SSSR count). The maximum Gasteiger partial charge on any atom is 0.156 e. The Morgan fingerprint density at radius 1 is 1.69 bits per heavy atom. The van der Waals surface area contributed by atoms with Gasteiger partial charge in [-0.25, -0.2) is 0 Å². The van der Waals surface area contributed by atoms with Gasteiger partial charge >= 0.3 is 0 Å². The quantitative estimate of drug-likeness (QED) is 0.652. The van der Waals surface area contributed by atoms with Crippen LogP contribution in [0, 0.1) is 11.3 Å². The van der Waals surface area contributed by atoms with Crippen LogP contribution in [0.15, 0.2) is 0 Å². The number of ether oxygens (including phenoxy) is 1. The first-order valence-corrected chi connectivity index (χ1v) is 4.56. The van der Waals surface area contributed by atoms with E-state index in [9.17, 15) is 0 Å². The van der Waals surface area contributed by atoms with Crippen molar-refractivity contribution in [1.82, 2.24) is 4.90 Å². The molecular weight excluding hydrogens is 166 g/mol. The summed E-state index contributed by atoms with van der Waals surface area (Å²) in [5.41, 5.74) is 5.63. The molecule has 1 aliphatic rings. The summed E-state index contributed by atoms with van der Waals surface area (Å²) in [6, 6.07) is 2.13. The lowest BCUT2D eigenvalue weighted by Gasteiger charge is -2.41. The molecule has 0 radical (unpaired) electrons. The fourth-order valence-electron chi connectivity index (χ4n) is 1.41. The van der Waals surface area contributed by atoms with E-state index in [0.29, 0.717) is 19.7 Å². The van der Waals surface area contributed by atoms with Gasteiger partial charge in [-0.3, -0.25) is 4.90 Å². The highest BCUT2D eigenvalue weighted by atomic mass is 16.5. The second kappa shape index (κ2) is 4.05. The van der Waals surface area contributed by atoms with E-state index in [1.807, 2.05) is 0 Å². The maximum atomic E-state index is 8.71. The lowest BCUT2D eigenvalue weighted by atomic mass is 10.0. The summed E-state index contributed by atoms with van der Waals surface area (Å²) >= 11 is 0. The average Bonchev–Trinajstić information content (AvgIpc) is 2.18. The van der Waals surface area contributed by atoms with Crippen molar-refractivity contribution < 1.29 is 4.74 Å². The molecule has 0 saturated carbocycles. The number of nitrogens with zero attached hydrogens (tertiary/aromatic N) is 2. The number of hydrogen-bond donors (Lipinski definition) is 1. The van der Waals surface area contributed by atoms with Gasteiger partial charge in [0, 0.05) is 25.2 Å². The predicted octanol–water partition coefficient (Wildman–Crippen LogP) is -0.0519. The first kappa shape index (κ1) is 10.5. The van der Waals surface area contributed by atoms with Gasteiger partial charge in [0.25, 0.3) is 0 Å². The first-order chi connectivity index (χ1) is 6.10. The van der Waals surface area contributed by atoms with Gasteiger partial charge in [-0.1, -0.05) is 0 Å². The van der Waals surface area contributed by atoms with Gasteiger partial charge in [0.1, 0.15) is 0 Å². The van der Waals surface area contributed by atoms with E-state index in [1.165, 1.54) is 0 Å². The van der Waals surface area contributed by atoms with Crippen LogP contribution in [0.2, 0.25) is 0 Å². The second-order valence-corrected chi connectivity index (χ2v) is 3.95. The fraction of sp³-hybridized carbons (Fsp3) is 0.889. The monoisotopic (exact) mass is 183 g/mol. The largest absolute Gasteiger partial charge is 0.361 e. The van der Waals surface area contributed by atoms with Crippen LogP contribution in [-0.4, -0.2) is 42.8 Å². The van der Waals surface area contributed by atoms with E-state index < -0.39 is 0 Å². The van der Waals surface area contributed by atoms with Crippen LogP contribution in [0.1, 0.15) is 13.8 Å². The molecule has 0 aromatic rings. The highest BCUT2D eigenvalue weighted by Crippen LogP contribution is 2.16. The summed E-state index contributed by atoms with van der Waals surface area (Å²) in [7, 11) is 0. The summed E-state index contributed by atoms with van der Waals surface area (Å²) in [6.07, 6.45) is -0.292. The van der Waals surface area contributed by atoms with Crippen LogP contribution in [0.4, 0.5) is 0 Å². The Balaban J connectivity index is 2.57. The van der Waals surface area contributed by atoms with Crippen molar-refractivity contribution in [1.29, 1.82) is 5.26 Å². The van der Waals surface area contributed by atoms with Crippen molar-refractivity contribution in [3.63, 3.8) is 0 Å². The van der Waals surface area contributed by atoms with E-state index in [2.05, 4.69) is 24.8 Å². The van der Waals surface area contributed by atoms with Gasteiger partial charge in [-0.2, -0.15) is 5.26 Å². The molecule has 0 amide bonds. The zero-order valence-corrected chi connectivity index (χ0v) is 8.29. The number of rotatable bonds is 2. The summed E-state index contributed by atoms with van der Waals surface area (Å²) in [6.45, 7) is 6.94. The molecule has 0 spiro atoms. The van der Waals surface area contributed by atoms with Crippen molar-refractivity contribution in [2.24, 2.45) is 5.73 Å². The van der Waals surface area contributed by atoms with Gasteiger partial charge < -0.3 is 10.5 Å². The van der Waals surface area contributed by atoms with Crippen molar-refractivity contribution in [3.05, 3.63) is 0 Å². The van der Waals surface area contributed by atoms with Gasteiger partial charge in [0.2, 0.25) is 0 Å². The number of nitriles is 1. The molecule has 0 aromatic carbocycles. The van der Waals surface area contributed by atoms with Gasteiger partial charge in [0.15, 0.2) is 6.10 Å². The third-order valence-corrected chi connectivity index (χ3v) is 2.57. The molecule has 1 heterocycles. The minimum Gasteiger partial charge on any atom is -0.361 e. The van der Waals surface area contributed by atoms with Crippen LogP contribution in [0.3, 0.4) is 0 Å². The van der Waals surface area contributed by atoms with E-state index in [0.717, 1.165) is 6.54 Å². The minimum atomic E-state index is -0.292. The highest BCUT2D eigenvalue weighted by molar-refractivity contribution is 4.94. The predicted molar refractivity (Wildman–Crippen MR) is 50.1 cm³/mol. The highest BCUT2D eigenvalue weighted by Gasteiger charge is 2.30. The standard InChI is InChI=1S/C9H17N3O/c1-9(2,7-11)12-3-4-13-8(5-10)6-12/h8H,3-4,6-7,11H2,1-2H3. The van der Waals surface area contributed by atoms with Gasteiger partial charge in [-0.15, -0.1) is 0 Å². The Morgan fingerprint density at radius 3 is 2.92 bits per heavy atom. The zero-order valence-electron chi connectivity index (χ0n) is 8.29. The molecule has 0 bridgehead atoms. The average molecular weight is 183 g/mol. The molecule has 1 aliphatic heterocycles. The van der Waals surface area contributed by atoms with Crippen molar-refractivity contribution in [2.75, 3.05) is 26.2 Å². The molecule has 2 N–H and O–H groups in total. The van der Waals surface area contributed by atoms with Crippen molar-refractivity contribution in [2.45, 2.75) is 25.5 Å². The van der Waals surface area contributed by atoms with Crippen molar-refractivity contribution in [3.8, 4) is 6.07 Å². The van der Waals surface area contributed by atoms with E-state index in [-0.39, 0.29) is 11.6 Å². The lowest BCUT2D eigenvalue weighted by Crippen LogP contribution is -2.55. The minimum absolute atomic E-state index is 0.0289. The van der Waals surface area contributed by atoms with E-state index >= 15 is 0 Å². The molecule has 74 valence electrons. The molecule has 0 aliphatic carbocycles. The maximum absolute atomic E-state index is 8.71. The molecule has 4 nitrogen and oxygen atoms in total. The molecule has 13 heavy (non-hydrogen) atoms. The summed E-state index contributed by atoms with van der Waals surface area (Å²) < 4.78 is 5.25. The molecule has 0 aromatic heterocycles. The van der Waals surface area contributed by atoms with Gasteiger partial charge in [0.05, 0.1) is 12.7 Å². The lowest BCUT2D eigenvalue weighted by molar-refractivity contribution is -0.0364. The Kier molecular flexibility index (Phi) is 3.26. The van der Waals surface area contributed by atoms with Crippen LogP contribution < -0.4 is 5.73 Å². The third kappa shape index (κ3) is 2.41. The summed E-state index contributed by atoms with van der Waals surface area (Å²) in [5.74, 6) is 0. The second-order valence-electron chi connectivity index (χ2n) is 3.95. The molecular formula is C9H17N3O. The van der Waals surface area contributed by atoms with Crippen LogP contribution in [0.25, 0.3) is 0 Å². The summed E-state index contributed by atoms with van der Waals surface area (Å²) in [4.78, 5) is 2.21. The van der Waals surface area contributed by atoms with E-state index in [1.54, 1.807) is 0 Å². The third-order valence-electron chi connectivity index (χ3n) is 2.57. The molecule has 1 unspecified atom stereocenters. The number of hydrogen-bond acceptors (Lipinski definition) is 4. The Morgan fingerprint density at radius 2 is 2.38 bits per heavy atom. The van der Waals surface area contributed by atoms with Gasteiger partial charge in [-0.05, 0) is 13.8 Å². The molecule has 1 fully saturated rings. The molecule has 4 heteroatoms. The van der Waals surface area contributed by atoms with Crippen LogP contribution >= 0.6 is 0 Å². The topological polar surface area (TPSA) is 62.3 Å². The first-order valence-electron chi connectivity index (χ1n) is 4.56. The Bertz CT molecular complexity index is 209. The smallest absolute Gasteiger partial charge is 0.156 e. The van der Waals surface area contributed by atoms with E-state index in [4.69, 9.17) is 15.7 Å². The van der Waals surface area contributed by atoms with Crippen molar-refractivity contribution >= 4 is 0 Å². The zero-order chi connectivity index (χ0) is 9.90.